The average Bonchev–Trinajstić information content (AvgIpc) is 2.83. The maximum atomic E-state index is 12.3. The van der Waals surface area contributed by atoms with Crippen molar-refractivity contribution in [2.45, 2.75) is 38.6 Å². The summed E-state index contributed by atoms with van der Waals surface area (Å²) in [5.41, 5.74) is 0. The lowest BCUT2D eigenvalue weighted by molar-refractivity contribution is -0.138. The molecular formula is C15H27N3O3. The molecule has 0 bridgehead atoms. The summed E-state index contributed by atoms with van der Waals surface area (Å²) in [6.45, 7) is 5.39. The summed E-state index contributed by atoms with van der Waals surface area (Å²) < 4.78 is 0. The number of aliphatic carboxylic acids is 1. The molecule has 120 valence electrons. The fraction of sp³-hybridized carbons (Fsp3) is 0.867. The molecule has 6 nitrogen and oxygen atoms in total. The first-order chi connectivity index (χ1) is 9.95. The first-order valence-corrected chi connectivity index (χ1v) is 7.91. The van der Waals surface area contributed by atoms with Gasteiger partial charge in [0, 0.05) is 32.1 Å². The Morgan fingerprint density at radius 2 is 2.05 bits per heavy atom. The summed E-state index contributed by atoms with van der Waals surface area (Å²) in [4.78, 5) is 27.2. The molecule has 0 aromatic rings. The maximum absolute atomic E-state index is 12.3. The number of carboxylic acid groups (broad SMARTS) is 1. The lowest BCUT2D eigenvalue weighted by Crippen LogP contribution is -2.50. The quantitative estimate of drug-likeness (QED) is 0.818. The smallest absolute Gasteiger partial charge is 0.317 e. The standard InChI is InChI=1S/C15H27N3O3/c1-11(8-14(19)20)12-4-3-6-18(9-12)15(21)16-13-5-7-17(2)10-13/h11-13H,3-10H2,1-2H3,(H,16,21)(H,19,20). The molecule has 0 radical (unpaired) electrons. The Hall–Kier alpha value is -1.30. The minimum atomic E-state index is -0.752. The third-order valence-electron chi connectivity index (χ3n) is 4.77. The SMILES string of the molecule is CC(CC(=O)O)C1CCCN(C(=O)NC2CCN(C)C2)C1. The zero-order valence-corrected chi connectivity index (χ0v) is 13.0. The minimum Gasteiger partial charge on any atom is -0.481 e. The van der Waals surface area contributed by atoms with Crippen molar-refractivity contribution in [3.8, 4) is 0 Å². The molecule has 0 spiro atoms. The number of piperidine rings is 1. The first kappa shape index (κ1) is 16.1. The summed E-state index contributed by atoms with van der Waals surface area (Å²) in [5.74, 6) is -0.333. The van der Waals surface area contributed by atoms with Gasteiger partial charge in [0.1, 0.15) is 0 Å². The van der Waals surface area contributed by atoms with E-state index in [9.17, 15) is 9.59 Å². The van der Waals surface area contributed by atoms with Gasteiger partial charge in [-0.05, 0) is 44.7 Å². The molecule has 0 saturated carbocycles. The molecule has 3 atom stereocenters. The van der Waals surface area contributed by atoms with Gasteiger partial charge in [-0.25, -0.2) is 4.79 Å². The van der Waals surface area contributed by atoms with Crippen LogP contribution in [0.15, 0.2) is 0 Å². The van der Waals surface area contributed by atoms with Gasteiger partial charge in [-0.15, -0.1) is 0 Å². The van der Waals surface area contributed by atoms with Gasteiger partial charge in [0.25, 0.3) is 0 Å². The van der Waals surface area contributed by atoms with E-state index < -0.39 is 5.97 Å². The molecule has 2 aliphatic heterocycles. The van der Waals surface area contributed by atoms with E-state index in [1.54, 1.807) is 0 Å². The second-order valence-electron chi connectivity index (χ2n) is 6.62. The lowest BCUT2D eigenvalue weighted by Gasteiger charge is -2.36. The van der Waals surface area contributed by atoms with Crippen LogP contribution in [0.1, 0.15) is 32.6 Å². The molecule has 2 heterocycles. The Balaban J connectivity index is 1.82. The van der Waals surface area contributed by atoms with Crippen LogP contribution in [0.2, 0.25) is 0 Å². The predicted octanol–water partition coefficient (Wildman–Crippen LogP) is 1.22. The van der Waals surface area contributed by atoms with Crippen LogP contribution < -0.4 is 5.32 Å². The molecule has 2 fully saturated rings. The van der Waals surface area contributed by atoms with Crippen LogP contribution in [0.3, 0.4) is 0 Å². The van der Waals surface area contributed by atoms with E-state index in [2.05, 4.69) is 17.3 Å². The number of hydrogen-bond acceptors (Lipinski definition) is 3. The number of carboxylic acids is 1. The number of nitrogens with one attached hydrogen (secondary N) is 1. The van der Waals surface area contributed by atoms with Gasteiger partial charge in [-0.1, -0.05) is 6.92 Å². The van der Waals surface area contributed by atoms with E-state index in [1.807, 2.05) is 11.8 Å². The Morgan fingerprint density at radius 1 is 1.29 bits per heavy atom. The molecule has 0 aromatic heterocycles. The Bertz CT molecular complexity index is 388. The van der Waals surface area contributed by atoms with Gasteiger partial charge in [-0.3, -0.25) is 4.79 Å². The third kappa shape index (κ3) is 4.59. The molecule has 2 aliphatic rings. The van der Waals surface area contributed by atoms with Crippen LogP contribution in [0, 0.1) is 11.8 Å². The van der Waals surface area contributed by atoms with E-state index in [0.29, 0.717) is 12.5 Å². The van der Waals surface area contributed by atoms with Crippen LogP contribution in [-0.4, -0.2) is 66.2 Å². The summed E-state index contributed by atoms with van der Waals surface area (Å²) in [5, 5.41) is 12.0. The largest absolute Gasteiger partial charge is 0.481 e. The highest BCUT2D eigenvalue weighted by molar-refractivity contribution is 5.74. The highest BCUT2D eigenvalue weighted by Gasteiger charge is 2.30. The molecule has 3 unspecified atom stereocenters. The van der Waals surface area contributed by atoms with Crippen molar-refractivity contribution < 1.29 is 14.7 Å². The number of nitrogens with zero attached hydrogens (tertiary/aromatic N) is 2. The van der Waals surface area contributed by atoms with Crippen molar-refractivity contribution >= 4 is 12.0 Å². The van der Waals surface area contributed by atoms with Crippen molar-refractivity contribution in [2.75, 3.05) is 33.2 Å². The number of carbonyl (C=O) groups is 2. The van der Waals surface area contributed by atoms with E-state index >= 15 is 0 Å². The van der Waals surface area contributed by atoms with Gasteiger partial charge in [-0.2, -0.15) is 0 Å². The number of likely N-dealkylation sites (tertiary alicyclic amines) is 2. The second kappa shape index (κ2) is 7.11. The summed E-state index contributed by atoms with van der Waals surface area (Å²) in [7, 11) is 2.07. The summed E-state index contributed by atoms with van der Waals surface area (Å²) in [6, 6.07) is 0.266. The van der Waals surface area contributed by atoms with E-state index in [1.165, 1.54) is 0 Å². The number of hydrogen-bond donors (Lipinski definition) is 2. The zero-order valence-electron chi connectivity index (χ0n) is 13.0. The zero-order chi connectivity index (χ0) is 15.4. The highest BCUT2D eigenvalue weighted by atomic mass is 16.4. The maximum Gasteiger partial charge on any atom is 0.317 e. The van der Waals surface area contributed by atoms with Gasteiger partial charge >= 0.3 is 12.0 Å². The second-order valence-corrected chi connectivity index (χ2v) is 6.62. The van der Waals surface area contributed by atoms with Crippen LogP contribution in [0.4, 0.5) is 4.79 Å². The topological polar surface area (TPSA) is 72.9 Å². The lowest BCUT2D eigenvalue weighted by atomic mass is 9.85. The molecule has 2 amide bonds. The molecule has 6 heteroatoms. The summed E-state index contributed by atoms with van der Waals surface area (Å²) >= 11 is 0. The number of carbonyl (C=O) groups excluding carboxylic acids is 1. The number of amides is 2. The van der Waals surface area contributed by atoms with Crippen LogP contribution in [0.5, 0.6) is 0 Å². The molecule has 2 saturated heterocycles. The number of rotatable bonds is 4. The van der Waals surface area contributed by atoms with Crippen molar-refractivity contribution in [2.24, 2.45) is 11.8 Å². The molecule has 0 aliphatic carbocycles. The van der Waals surface area contributed by atoms with Crippen molar-refractivity contribution in [1.82, 2.24) is 15.1 Å². The number of likely N-dealkylation sites (N-methyl/N-ethyl adjacent to an activating group) is 1. The van der Waals surface area contributed by atoms with E-state index in [4.69, 9.17) is 5.11 Å². The molecule has 2 N–H and O–H groups in total. The van der Waals surface area contributed by atoms with E-state index in [-0.39, 0.29) is 24.4 Å². The highest BCUT2D eigenvalue weighted by Crippen LogP contribution is 2.26. The first-order valence-electron chi connectivity index (χ1n) is 7.91. The monoisotopic (exact) mass is 297 g/mol. The predicted molar refractivity (Wildman–Crippen MR) is 80.1 cm³/mol. The van der Waals surface area contributed by atoms with Crippen LogP contribution in [-0.2, 0) is 4.79 Å². The fourth-order valence-electron chi connectivity index (χ4n) is 3.42. The van der Waals surface area contributed by atoms with Crippen molar-refractivity contribution in [3.05, 3.63) is 0 Å². The van der Waals surface area contributed by atoms with Crippen molar-refractivity contribution in [3.63, 3.8) is 0 Å². The van der Waals surface area contributed by atoms with Crippen LogP contribution >= 0.6 is 0 Å². The van der Waals surface area contributed by atoms with Crippen LogP contribution in [0.25, 0.3) is 0 Å². The fourth-order valence-corrected chi connectivity index (χ4v) is 3.42. The number of urea groups is 1. The Labute approximate surface area is 126 Å². The minimum absolute atomic E-state index is 0.0162. The van der Waals surface area contributed by atoms with Gasteiger partial charge < -0.3 is 20.2 Å². The van der Waals surface area contributed by atoms with Gasteiger partial charge in [0.05, 0.1) is 0 Å². The van der Waals surface area contributed by atoms with Crippen molar-refractivity contribution in [1.29, 1.82) is 0 Å². The molecule has 0 aromatic carbocycles. The normalized spacial score (nSPS) is 28.4. The van der Waals surface area contributed by atoms with E-state index in [0.717, 1.165) is 38.9 Å². The molecular weight excluding hydrogens is 270 g/mol. The Kier molecular flexibility index (Phi) is 5.45. The summed E-state index contributed by atoms with van der Waals surface area (Å²) in [6.07, 6.45) is 3.18. The average molecular weight is 297 g/mol. The molecule has 21 heavy (non-hydrogen) atoms. The van der Waals surface area contributed by atoms with Gasteiger partial charge in [0.15, 0.2) is 0 Å². The third-order valence-corrected chi connectivity index (χ3v) is 4.77. The Morgan fingerprint density at radius 3 is 2.67 bits per heavy atom. The van der Waals surface area contributed by atoms with Gasteiger partial charge in [0.2, 0.25) is 0 Å². The molecule has 2 rings (SSSR count).